The van der Waals surface area contributed by atoms with Gasteiger partial charge in [-0.2, -0.15) is 0 Å². The van der Waals surface area contributed by atoms with Gasteiger partial charge in [0.2, 0.25) is 0 Å². The molecule has 1 aliphatic rings. The molecule has 1 amide bonds. The number of hydrogen-bond donors (Lipinski definition) is 1. The topological polar surface area (TPSA) is 61.4 Å². The zero-order chi connectivity index (χ0) is 21.9. The van der Waals surface area contributed by atoms with Crippen LogP contribution in [0.4, 0.5) is 11.5 Å². The number of likely N-dealkylation sites (N-methyl/N-ethyl adjacent to an activating group) is 1. The Hall–Kier alpha value is -3.77. The first kappa shape index (κ1) is 20.2. The van der Waals surface area contributed by atoms with Gasteiger partial charge in [0.05, 0.1) is 28.7 Å². The predicted octanol–water partition coefficient (Wildman–Crippen LogP) is 4.30. The summed E-state index contributed by atoms with van der Waals surface area (Å²) < 4.78 is 0. The number of anilines is 2. The molecule has 32 heavy (non-hydrogen) atoms. The predicted molar refractivity (Wildman–Crippen MR) is 129 cm³/mol. The van der Waals surface area contributed by atoms with Crippen LogP contribution in [0.3, 0.4) is 0 Å². The third-order valence-electron chi connectivity index (χ3n) is 5.86. The van der Waals surface area contributed by atoms with Gasteiger partial charge in [-0.05, 0) is 31.3 Å². The maximum Gasteiger partial charge on any atom is 0.256 e. The van der Waals surface area contributed by atoms with Crippen molar-refractivity contribution in [3.8, 4) is 11.3 Å². The lowest BCUT2D eigenvalue weighted by Crippen LogP contribution is -2.44. The minimum Gasteiger partial charge on any atom is -0.354 e. The summed E-state index contributed by atoms with van der Waals surface area (Å²) in [4.78, 5) is 27.2. The Kier molecular flexibility index (Phi) is 5.52. The average molecular weight is 424 g/mol. The average Bonchev–Trinajstić information content (AvgIpc) is 2.85. The summed E-state index contributed by atoms with van der Waals surface area (Å²) in [5, 5.41) is 3.84. The molecule has 0 saturated carbocycles. The van der Waals surface area contributed by atoms with E-state index in [0.717, 1.165) is 54.2 Å². The summed E-state index contributed by atoms with van der Waals surface area (Å²) in [7, 11) is 2.13. The highest BCUT2D eigenvalue weighted by molar-refractivity contribution is 6.13. The molecule has 6 heteroatoms. The Labute approximate surface area is 187 Å². The van der Waals surface area contributed by atoms with Crippen molar-refractivity contribution in [1.82, 2.24) is 14.9 Å². The molecule has 0 aliphatic carbocycles. The smallest absolute Gasteiger partial charge is 0.256 e. The van der Waals surface area contributed by atoms with Gasteiger partial charge in [-0.25, -0.2) is 9.97 Å². The van der Waals surface area contributed by atoms with E-state index >= 15 is 0 Å². The monoisotopic (exact) mass is 423 g/mol. The minimum absolute atomic E-state index is 0.171. The first-order valence-electron chi connectivity index (χ1n) is 10.8. The zero-order valence-electron chi connectivity index (χ0n) is 18.0. The van der Waals surface area contributed by atoms with Gasteiger partial charge in [-0.1, -0.05) is 48.5 Å². The molecule has 1 fully saturated rings. The molecule has 5 rings (SSSR count). The molecule has 2 aromatic heterocycles. The van der Waals surface area contributed by atoms with Crippen molar-refractivity contribution < 1.29 is 4.79 Å². The van der Waals surface area contributed by atoms with Crippen LogP contribution in [0.25, 0.3) is 22.2 Å². The Balaban J connectivity index is 1.41. The van der Waals surface area contributed by atoms with E-state index in [9.17, 15) is 4.79 Å². The summed E-state index contributed by atoms with van der Waals surface area (Å²) in [5.74, 6) is 0.770. The van der Waals surface area contributed by atoms with Crippen LogP contribution in [0, 0.1) is 0 Å². The largest absolute Gasteiger partial charge is 0.354 e. The van der Waals surface area contributed by atoms with Gasteiger partial charge in [0.1, 0.15) is 5.82 Å². The van der Waals surface area contributed by atoms with Crippen molar-refractivity contribution in [2.24, 2.45) is 0 Å². The van der Waals surface area contributed by atoms with Crippen molar-refractivity contribution in [3.05, 3.63) is 84.6 Å². The molecule has 2 aromatic carbocycles. The van der Waals surface area contributed by atoms with E-state index < -0.39 is 0 Å². The first-order chi connectivity index (χ1) is 15.7. The minimum atomic E-state index is -0.171. The van der Waals surface area contributed by atoms with Crippen LogP contribution < -0.4 is 10.2 Å². The Morgan fingerprint density at radius 3 is 2.41 bits per heavy atom. The van der Waals surface area contributed by atoms with Gasteiger partial charge < -0.3 is 15.1 Å². The quantitative estimate of drug-likeness (QED) is 0.530. The number of piperazine rings is 1. The Morgan fingerprint density at radius 1 is 0.906 bits per heavy atom. The van der Waals surface area contributed by atoms with Gasteiger partial charge >= 0.3 is 0 Å². The molecule has 6 nitrogen and oxygen atoms in total. The fraction of sp³-hybridized carbons (Fsp3) is 0.192. The van der Waals surface area contributed by atoms with E-state index in [1.54, 1.807) is 6.20 Å². The number of nitrogens with one attached hydrogen (secondary N) is 1. The maximum absolute atomic E-state index is 13.3. The number of fused-ring (bicyclic) bond motifs is 1. The lowest BCUT2D eigenvalue weighted by atomic mass is 10.0. The van der Waals surface area contributed by atoms with Gasteiger partial charge in [0.25, 0.3) is 5.91 Å². The molecular formula is C26H25N5O. The molecule has 1 saturated heterocycles. The van der Waals surface area contributed by atoms with Crippen molar-refractivity contribution in [1.29, 1.82) is 0 Å². The molecule has 0 spiro atoms. The van der Waals surface area contributed by atoms with E-state index in [2.05, 4.69) is 27.1 Å². The second-order valence-electron chi connectivity index (χ2n) is 8.09. The number of aromatic nitrogens is 2. The molecule has 160 valence electrons. The number of amides is 1. The van der Waals surface area contributed by atoms with E-state index in [1.807, 2.05) is 72.8 Å². The second-order valence-corrected chi connectivity index (χ2v) is 8.09. The molecule has 4 aromatic rings. The second kappa shape index (κ2) is 8.77. The fourth-order valence-electron chi connectivity index (χ4n) is 4.00. The molecule has 3 heterocycles. The molecule has 0 bridgehead atoms. The van der Waals surface area contributed by atoms with Crippen LogP contribution in [0.2, 0.25) is 0 Å². The summed E-state index contributed by atoms with van der Waals surface area (Å²) in [6.45, 7) is 3.97. The van der Waals surface area contributed by atoms with Gasteiger partial charge in [-0.15, -0.1) is 0 Å². The molecule has 0 unspecified atom stereocenters. The van der Waals surface area contributed by atoms with E-state index in [0.29, 0.717) is 11.3 Å². The number of hydrogen-bond acceptors (Lipinski definition) is 5. The van der Waals surface area contributed by atoms with Crippen LogP contribution in [0.15, 0.2) is 79.0 Å². The van der Waals surface area contributed by atoms with Gasteiger partial charge in [-0.3, -0.25) is 4.79 Å². The number of nitrogens with zero attached hydrogens (tertiary/aromatic N) is 4. The standard InChI is InChI=1S/C26H25N5O/c1-30-13-15-31(16-14-30)25-12-11-20(18-27-25)28-26(32)22-17-24(19-7-3-2-4-8-19)29-23-10-6-5-9-21(22)23/h2-12,17-18H,13-16H2,1H3,(H,28,32). The third-order valence-corrected chi connectivity index (χ3v) is 5.86. The first-order valence-corrected chi connectivity index (χ1v) is 10.8. The van der Waals surface area contributed by atoms with Crippen LogP contribution in [-0.2, 0) is 0 Å². The van der Waals surface area contributed by atoms with Crippen LogP contribution in [0.1, 0.15) is 10.4 Å². The maximum atomic E-state index is 13.3. The van der Waals surface area contributed by atoms with Gasteiger partial charge in [0.15, 0.2) is 0 Å². The van der Waals surface area contributed by atoms with Gasteiger partial charge in [0, 0.05) is 37.1 Å². The fourth-order valence-corrected chi connectivity index (χ4v) is 4.00. The highest BCUT2D eigenvalue weighted by Gasteiger charge is 2.17. The number of para-hydroxylation sites is 1. The van der Waals surface area contributed by atoms with Crippen LogP contribution in [0.5, 0.6) is 0 Å². The number of carbonyl (C=O) groups excluding carboxylic acids is 1. The molecular weight excluding hydrogens is 398 g/mol. The molecule has 0 atom stereocenters. The normalized spacial score (nSPS) is 14.5. The zero-order valence-corrected chi connectivity index (χ0v) is 18.0. The summed E-state index contributed by atoms with van der Waals surface area (Å²) in [6.07, 6.45) is 1.73. The third kappa shape index (κ3) is 4.18. The summed E-state index contributed by atoms with van der Waals surface area (Å²) in [6, 6.07) is 23.4. The van der Waals surface area contributed by atoms with Crippen molar-refractivity contribution in [2.75, 3.05) is 43.4 Å². The Morgan fingerprint density at radius 2 is 1.66 bits per heavy atom. The van der Waals surface area contributed by atoms with Crippen LogP contribution in [-0.4, -0.2) is 54.0 Å². The van der Waals surface area contributed by atoms with E-state index in [-0.39, 0.29) is 5.91 Å². The molecule has 0 radical (unpaired) electrons. The van der Waals surface area contributed by atoms with Crippen molar-refractivity contribution in [3.63, 3.8) is 0 Å². The number of rotatable bonds is 4. The highest BCUT2D eigenvalue weighted by atomic mass is 16.1. The number of benzene rings is 2. The van der Waals surface area contributed by atoms with E-state index in [4.69, 9.17) is 4.98 Å². The van der Waals surface area contributed by atoms with Crippen molar-refractivity contribution >= 4 is 28.3 Å². The summed E-state index contributed by atoms with van der Waals surface area (Å²) >= 11 is 0. The lowest BCUT2D eigenvalue weighted by molar-refractivity contribution is 0.102. The lowest BCUT2D eigenvalue weighted by Gasteiger charge is -2.33. The molecule has 1 N–H and O–H groups in total. The number of pyridine rings is 2. The number of carbonyl (C=O) groups is 1. The Bertz CT molecular complexity index is 1230. The summed E-state index contributed by atoms with van der Waals surface area (Å²) in [5.41, 5.74) is 3.82. The highest BCUT2D eigenvalue weighted by Crippen LogP contribution is 2.26. The molecule has 1 aliphatic heterocycles. The van der Waals surface area contributed by atoms with Crippen LogP contribution >= 0.6 is 0 Å². The van der Waals surface area contributed by atoms with Crippen molar-refractivity contribution in [2.45, 2.75) is 0 Å². The van der Waals surface area contributed by atoms with E-state index in [1.165, 1.54) is 0 Å². The SMILES string of the molecule is CN1CCN(c2ccc(NC(=O)c3cc(-c4ccccc4)nc4ccccc34)cn2)CC1.